The third-order valence-corrected chi connectivity index (χ3v) is 3.62. The first-order valence-corrected chi connectivity index (χ1v) is 7.51. The topological polar surface area (TPSA) is 12.0 Å². The van der Waals surface area contributed by atoms with Crippen molar-refractivity contribution in [2.45, 2.75) is 47.0 Å². The molecule has 0 bridgehead atoms. The van der Waals surface area contributed by atoms with Crippen molar-refractivity contribution in [3.8, 4) is 0 Å². The first-order valence-electron chi connectivity index (χ1n) is 7.51. The summed E-state index contributed by atoms with van der Waals surface area (Å²) in [7, 11) is 0. The van der Waals surface area contributed by atoms with Gasteiger partial charge in [0.2, 0.25) is 0 Å². The van der Waals surface area contributed by atoms with Crippen molar-refractivity contribution >= 4 is 0 Å². The molecular weight excluding hydrogens is 256 g/mol. The molecule has 0 saturated carbocycles. The van der Waals surface area contributed by atoms with Crippen LogP contribution < -0.4 is 5.32 Å². The Bertz CT molecular complexity index is 397. The van der Waals surface area contributed by atoms with Gasteiger partial charge in [-0.25, -0.2) is 8.78 Å². The highest BCUT2D eigenvalue weighted by Gasteiger charge is 2.26. The van der Waals surface area contributed by atoms with Crippen molar-refractivity contribution < 1.29 is 8.78 Å². The predicted molar refractivity (Wildman–Crippen MR) is 80.8 cm³/mol. The normalized spacial score (nSPS) is 14.6. The average molecular weight is 283 g/mol. The Morgan fingerprint density at radius 2 is 1.80 bits per heavy atom. The van der Waals surface area contributed by atoms with E-state index in [0.29, 0.717) is 12.3 Å². The van der Waals surface area contributed by atoms with Gasteiger partial charge in [-0.05, 0) is 42.9 Å². The molecule has 0 aliphatic rings. The number of benzene rings is 1. The summed E-state index contributed by atoms with van der Waals surface area (Å²) in [6.07, 6.45) is 2.40. The van der Waals surface area contributed by atoms with Crippen LogP contribution in [-0.2, 0) is 6.42 Å². The van der Waals surface area contributed by atoms with Gasteiger partial charge in [0.1, 0.15) is 11.6 Å². The fraction of sp³-hybridized carbons (Fsp3) is 0.647. The minimum Gasteiger partial charge on any atom is -0.316 e. The maximum absolute atomic E-state index is 13.8. The van der Waals surface area contributed by atoms with Gasteiger partial charge in [0.15, 0.2) is 0 Å². The van der Waals surface area contributed by atoms with Gasteiger partial charge in [-0.1, -0.05) is 40.2 Å². The van der Waals surface area contributed by atoms with Crippen molar-refractivity contribution in [3.63, 3.8) is 0 Å². The van der Waals surface area contributed by atoms with Gasteiger partial charge in [-0.15, -0.1) is 0 Å². The van der Waals surface area contributed by atoms with E-state index in [1.165, 1.54) is 18.2 Å². The van der Waals surface area contributed by atoms with Gasteiger partial charge in [0, 0.05) is 12.1 Å². The molecule has 1 rings (SSSR count). The van der Waals surface area contributed by atoms with Crippen molar-refractivity contribution in [2.75, 3.05) is 13.1 Å². The number of rotatable bonds is 8. The van der Waals surface area contributed by atoms with Crippen LogP contribution in [0.25, 0.3) is 0 Å². The van der Waals surface area contributed by atoms with Gasteiger partial charge in [-0.2, -0.15) is 0 Å². The summed E-state index contributed by atoms with van der Waals surface area (Å²) in [6.45, 7) is 10.2. The lowest BCUT2D eigenvalue weighted by Crippen LogP contribution is -2.36. The lowest BCUT2D eigenvalue weighted by Gasteiger charge is -2.30. The summed E-state index contributed by atoms with van der Waals surface area (Å²) in [6, 6.07) is 4.10. The van der Waals surface area contributed by atoms with Crippen molar-refractivity contribution in [3.05, 3.63) is 35.4 Å². The zero-order valence-electron chi connectivity index (χ0n) is 13.1. The summed E-state index contributed by atoms with van der Waals surface area (Å²) < 4.78 is 27.6. The molecule has 0 radical (unpaired) electrons. The van der Waals surface area contributed by atoms with Crippen molar-refractivity contribution in [1.82, 2.24) is 5.32 Å². The smallest absolute Gasteiger partial charge is 0.129 e. The zero-order valence-corrected chi connectivity index (χ0v) is 13.1. The highest BCUT2D eigenvalue weighted by atomic mass is 19.1. The van der Waals surface area contributed by atoms with E-state index >= 15 is 0 Å². The van der Waals surface area contributed by atoms with Gasteiger partial charge in [-0.3, -0.25) is 0 Å². The van der Waals surface area contributed by atoms with Crippen LogP contribution in [0, 0.1) is 23.0 Å². The van der Waals surface area contributed by atoms with E-state index in [1.807, 2.05) is 0 Å². The lowest BCUT2D eigenvalue weighted by molar-refractivity contribution is 0.264. The standard InChI is InChI=1S/C17H27F2N/c1-5-9-17(4,12-20-11-13(2)3)10-14-15(18)7-6-8-16(14)19/h6-8,13,20H,5,9-12H2,1-4H3. The molecule has 1 nitrogen and oxygen atoms in total. The highest BCUT2D eigenvalue weighted by molar-refractivity contribution is 5.21. The molecule has 20 heavy (non-hydrogen) atoms. The van der Waals surface area contributed by atoms with Crippen LogP contribution in [0.1, 0.15) is 46.1 Å². The Hall–Kier alpha value is -0.960. The molecule has 0 spiro atoms. The van der Waals surface area contributed by atoms with Crippen molar-refractivity contribution in [2.24, 2.45) is 11.3 Å². The summed E-state index contributed by atoms with van der Waals surface area (Å²) in [5.74, 6) is -0.293. The molecule has 0 aliphatic heterocycles. The third-order valence-electron chi connectivity index (χ3n) is 3.62. The molecule has 1 N–H and O–H groups in total. The lowest BCUT2D eigenvalue weighted by atomic mass is 9.79. The maximum atomic E-state index is 13.8. The summed E-state index contributed by atoms with van der Waals surface area (Å²) in [5.41, 5.74) is 0.0990. The van der Waals surface area contributed by atoms with Crippen LogP contribution in [0.15, 0.2) is 18.2 Å². The number of hydrogen-bond acceptors (Lipinski definition) is 1. The number of halogens is 2. The molecular formula is C17H27F2N. The van der Waals surface area contributed by atoms with Gasteiger partial charge < -0.3 is 5.32 Å². The number of nitrogens with one attached hydrogen (secondary N) is 1. The molecule has 1 aromatic carbocycles. The minimum atomic E-state index is -0.434. The predicted octanol–water partition coefficient (Wildman–Crippen LogP) is 4.56. The average Bonchev–Trinajstić information content (AvgIpc) is 2.34. The molecule has 0 amide bonds. The van der Waals surface area contributed by atoms with E-state index in [-0.39, 0.29) is 11.0 Å². The first kappa shape index (κ1) is 17.1. The highest BCUT2D eigenvalue weighted by Crippen LogP contribution is 2.30. The van der Waals surface area contributed by atoms with Crippen LogP contribution in [0.4, 0.5) is 8.78 Å². The quantitative estimate of drug-likeness (QED) is 0.737. The summed E-state index contributed by atoms with van der Waals surface area (Å²) >= 11 is 0. The minimum absolute atomic E-state index is 0.118. The Kier molecular flexibility index (Phi) is 6.60. The Morgan fingerprint density at radius 3 is 2.30 bits per heavy atom. The number of hydrogen-bond donors (Lipinski definition) is 1. The van der Waals surface area contributed by atoms with Crippen LogP contribution in [0.2, 0.25) is 0 Å². The summed E-state index contributed by atoms with van der Waals surface area (Å²) in [5, 5.41) is 3.42. The Labute approximate surface area is 121 Å². The van der Waals surface area contributed by atoms with E-state index in [2.05, 4.69) is 33.0 Å². The first-order chi connectivity index (χ1) is 9.38. The van der Waals surface area contributed by atoms with E-state index in [1.54, 1.807) is 0 Å². The molecule has 0 aromatic heterocycles. The molecule has 1 atom stereocenters. The molecule has 114 valence electrons. The van der Waals surface area contributed by atoms with Crippen molar-refractivity contribution in [1.29, 1.82) is 0 Å². The third kappa shape index (κ3) is 5.20. The maximum Gasteiger partial charge on any atom is 0.129 e. The van der Waals surface area contributed by atoms with Gasteiger partial charge in [0.25, 0.3) is 0 Å². The molecule has 1 unspecified atom stereocenters. The van der Waals surface area contributed by atoms with Gasteiger partial charge >= 0.3 is 0 Å². The Morgan fingerprint density at radius 1 is 1.20 bits per heavy atom. The second kappa shape index (κ2) is 7.72. The van der Waals surface area contributed by atoms with E-state index in [4.69, 9.17) is 0 Å². The SMILES string of the molecule is CCCC(C)(CNCC(C)C)Cc1c(F)cccc1F. The molecule has 0 aliphatic carbocycles. The monoisotopic (exact) mass is 283 g/mol. The molecule has 3 heteroatoms. The van der Waals surface area contributed by atoms with Crippen LogP contribution in [-0.4, -0.2) is 13.1 Å². The summed E-state index contributed by atoms with van der Waals surface area (Å²) in [4.78, 5) is 0. The fourth-order valence-corrected chi connectivity index (χ4v) is 2.63. The zero-order chi connectivity index (χ0) is 15.2. The molecule has 1 aromatic rings. The van der Waals surface area contributed by atoms with E-state index < -0.39 is 11.6 Å². The Balaban J connectivity index is 2.79. The molecule has 0 saturated heterocycles. The largest absolute Gasteiger partial charge is 0.316 e. The molecule has 0 fully saturated rings. The van der Waals surface area contributed by atoms with Crippen LogP contribution in [0.5, 0.6) is 0 Å². The second-order valence-electron chi connectivity index (χ2n) is 6.46. The fourth-order valence-electron chi connectivity index (χ4n) is 2.63. The van der Waals surface area contributed by atoms with E-state index in [9.17, 15) is 8.78 Å². The van der Waals surface area contributed by atoms with Crippen LogP contribution in [0.3, 0.4) is 0 Å². The molecule has 0 heterocycles. The van der Waals surface area contributed by atoms with Crippen LogP contribution >= 0.6 is 0 Å². The van der Waals surface area contributed by atoms with E-state index in [0.717, 1.165) is 25.9 Å². The van der Waals surface area contributed by atoms with Gasteiger partial charge in [0.05, 0.1) is 0 Å². The second-order valence-corrected chi connectivity index (χ2v) is 6.46.